The Hall–Kier alpha value is -3.09. The Bertz CT molecular complexity index is 683. The standard InChI is InChI=1S/C14H11NO6/c16-13-11(14(17)18)7-6-10(8-21-15(19)20)12(13)9-4-2-1-3-5-9/h1-7,16H,8H2,(H,17,18). The van der Waals surface area contributed by atoms with Crippen LogP contribution in [-0.2, 0) is 11.4 Å². The number of carboxylic acid groups (broad SMARTS) is 1. The van der Waals surface area contributed by atoms with Crippen LogP contribution < -0.4 is 0 Å². The van der Waals surface area contributed by atoms with E-state index in [1.165, 1.54) is 12.1 Å². The first-order chi connectivity index (χ1) is 10.0. The zero-order valence-corrected chi connectivity index (χ0v) is 10.7. The molecule has 0 radical (unpaired) electrons. The SMILES string of the molecule is O=C(O)c1ccc(CO[N+](=O)[O-])c(-c2ccccc2)c1O. The number of rotatable bonds is 5. The van der Waals surface area contributed by atoms with Crippen LogP contribution in [0, 0.1) is 10.1 Å². The summed E-state index contributed by atoms with van der Waals surface area (Å²) in [6.07, 6.45) is 0. The smallest absolute Gasteiger partial charge is 0.339 e. The Morgan fingerprint density at radius 3 is 2.43 bits per heavy atom. The van der Waals surface area contributed by atoms with Gasteiger partial charge in [-0.15, -0.1) is 10.1 Å². The van der Waals surface area contributed by atoms with E-state index in [1.54, 1.807) is 30.3 Å². The van der Waals surface area contributed by atoms with Gasteiger partial charge in [0.05, 0.1) is 0 Å². The summed E-state index contributed by atoms with van der Waals surface area (Å²) in [6.45, 7) is -0.384. The summed E-state index contributed by atoms with van der Waals surface area (Å²) in [5.74, 6) is -1.73. The molecule has 0 aliphatic heterocycles. The van der Waals surface area contributed by atoms with E-state index < -0.39 is 16.8 Å². The van der Waals surface area contributed by atoms with E-state index in [0.717, 1.165) is 0 Å². The largest absolute Gasteiger partial charge is 0.506 e. The van der Waals surface area contributed by atoms with Gasteiger partial charge in [-0.1, -0.05) is 36.4 Å². The molecular weight excluding hydrogens is 278 g/mol. The molecule has 2 aromatic carbocycles. The van der Waals surface area contributed by atoms with Crippen LogP contribution >= 0.6 is 0 Å². The predicted molar refractivity (Wildman–Crippen MR) is 72.3 cm³/mol. The number of hydrogen-bond acceptors (Lipinski definition) is 5. The number of carbonyl (C=O) groups is 1. The first-order valence-corrected chi connectivity index (χ1v) is 5.91. The van der Waals surface area contributed by atoms with Crippen molar-refractivity contribution in [1.82, 2.24) is 0 Å². The second-order valence-corrected chi connectivity index (χ2v) is 4.16. The van der Waals surface area contributed by atoms with Crippen molar-refractivity contribution < 1.29 is 24.9 Å². The summed E-state index contributed by atoms with van der Waals surface area (Å²) in [5.41, 5.74) is 0.788. The summed E-state index contributed by atoms with van der Waals surface area (Å²) in [4.78, 5) is 25.7. The lowest BCUT2D eigenvalue weighted by molar-refractivity contribution is -0.763. The van der Waals surface area contributed by atoms with E-state index in [0.29, 0.717) is 11.1 Å². The Morgan fingerprint density at radius 2 is 1.86 bits per heavy atom. The molecule has 2 aromatic rings. The Labute approximate surface area is 119 Å². The number of hydrogen-bond donors (Lipinski definition) is 2. The Kier molecular flexibility index (Phi) is 4.03. The van der Waals surface area contributed by atoms with Crippen molar-refractivity contribution in [1.29, 1.82) is 0 Å². The van der Waals surface area contributed by atoms with Gasteiger partial charge in [-0.2, -0.15) is 0 Å². The molecule has 0 unspecified atom stereocenters. The number of aromatic carboxylic acids is 1. The maximum atomic E-state index is 11.1. The summed E-state index contributed by atoms with van der Waals surface area (Å²) < 4.78 is 0. The molecule has 0 aliphatic carbocycles. The molecule has 0 aromatic heterocycles. The lowest BCUT2D eigenvalue weighted by Gasteiger charge is -2.13. The van der Waals surface area contributed by atoms with E-state index >= 15 is 0 Å². The fourth-order valence-corrected chi connectivity index (χ4v) is 1.97. The highest BCUT2D eigenvalue weighted by Gasteiger charge is 2.18. The quantitative estimate of drug-likeness (QED) is 0.646. The van der Waals surface area contributed by atoms with Crippen molar-refractivity contribution in [3.05, 3.63) is 63.7 Å². The molecule has 0 spiro atoms. The molecule has 0 atom stereocenters. The molecule has 0 bridgehead atoms. The minimum absolute atomic E-state index is 0.206. The summed E-state index contributed by atoms with van der Waals surface area (Å²) in [7, 11) is 0. The summed E-state index contributed by atoms with van der Waals surface area (Å²) in [5, 5.41) is 28.6. The van der Waals surface area contributed by atoms with Crippen LogP contribution in [0.25, 0.3) is 11.1 Å². The molecule has 0 saturated heterocycles. The maximum absolute atomic E-state index is 11.1. The van der Waals surface area contributed by atoms with Crippen molar-refractivity contribution in [3.8, 4) is 16.9 Å². The summed E-state index contributed by atoms with van der Waals surface area (Å²) in [6, 6.07) is 11.1. The first kappa shape index (κ1) is 14.3. The van der Waals surface area contributed by atoms with Crippen molar-refractivity contribution >= 4 is 5.97 Å². The average molecular weight is 289 g/mol. The maximum Gasteiger partial charge on any atom is 0.339 e. The number of aromatic hydroxyl groups is 1. The van der Waals surface area contributed by atoms with Crippen LogP contribution in [0.15, 0.2) is 42.5 Å². The second kappa shape index (κ2) is 5.91. The molecule has 108 valence electrons. The van der Waals surface area contributed by atoms with Gasteiger partial charge in [0.15, 0.2) is 0 Å². The zero-order chi connectivity index (χ0) is 15.4. The van der Waals surface area contributed by atoms with Crippen molar-refractivity contribution in [3.63, 3.8) is 0 Å². The minimum Gasteiger partial charge on any atom is -0.506 e. The van der Waals surface area contributed by atoms with Gasteiger partial charge >= 0.3 is 5.97 Å². The number of phenols is 1. The van der Waals surface area contributed by atoms with Gasteiger partial charge in [0, 0.05) is 5.56 Å². The average Bonchev–Trinajstić information content (AvgIpc) is 2.45. The molecule has 0 saturated carbocycles. The van der Waals surface area contributed by atoms with Gasteiger partial charge in [-0.3, -0.25) is 0 Å². The van der Waals surface area contributed by atoms with Gasteiger partial charge in [0.2, 0.25) is 0 Å². The van der Waals surface area contributed by atoms with Crippen LogP contribution in [0.2, 0.25) is 0 Å². The van der Waals surface area contributed by atoms with Crippen LogP contribution in [0.5, 0.6) is 5.75 Å². The molecule has 0 aliphatic rings. The van der Waals surface area contributed by atoms with Gasteiger partial charge in [-0.05, 0) is 17.2 Å². The number of benzene rings is 2. The topological polar surface area (TPSA) is 110 Å². The van der Waals surface area contributed by atoms with E-state index in [4.69, 9.17) is 5.11 Å². The number of carboxylic acids is 1. The van der Waals surface area contributed by atoms with Crippen molar-refractivity contribution in [2.75, 3.05) is 0 Å². The first-order valence-electron chi connectivity index (χ1n) is 5.91. The van der Waals surface area contributed by atoms with Gasteiger partial charge in [-0.25, -0.2) is 4.79 Å². The molecule has 21 heavy (non-hydrogen) atoms. The third-order valence-electron chi connectivity index (χ3n) is 2.88. The monoisotopic (exact) mass is 289 g/mol. The van der Waals surface area contributed by atoms with E-state index in [1.807, 2.05) is 0 Å². The van der Waals surface area contributed by atoms with Crippen LogP contribution in [0.3, 0.4) is 0 Å². The predicted octanol–water partition coefficient (Wildman–Crippen LogP) is 2.47. The second-order valence-electron chi connectivity index (χ2n) is 4.16. The fourth-order valence-electron chi connectivity index (χ4n) is 1.97. The molecule has 2 rings (SSSR count). The third-order valence-corrected chi connectivity index (χ3v) is 2.88. The van der Waals surface area contributed by atoms with Gasteiger partial charge < -0.3 is 15.1 Å². The lowest BCUT2D eigenvalue weighted by Crippen LogP contribution is -2.04. The molecule has 2 N–H and O–H groups in total. The van der Waals surface area contributed by atoms with Crippen LogP contribution in [-0.4, -0.2) is 21.3 Å². The van der Waals surface area contributed by atoms with E-state index in [-0.39, 0.29) is 17.7 Å². The van der Waals surface area contributed by atoms with Gasteiger partial charge in [0.1, 0.15) is 17.9 Å². The molecule has 7 heteroatoms. The molecule has 0 heterocycles. The van der Waals surface area contributed by atoms with Crippen LogP contribution in [0.1, 0.15) is 15.9 Å². The van der Waals surface area contributed by atoms with E-state index in [2.05, 4.69) is 4.84 Å². The third kappa shape index (κ3) is 3.08. The van der Waals surface area contributed by atoms with E-state index in [9.17, 15) is 20.0 Å². The minimum atomic E-state index is -1.29. The zero-order valence-electron chi connectivity index (χ0n) is 10.7. The van der Waals surface area contributed by atoms with Crippen molar-refractivity contribution in [2.24, 2.45) is 0 Å². The van der Waals surface area contributed by atoms with Crippen LogP contribution in [0.4, 0.5) is 0 Å². The van der Waals surface area contributed by atoms with Crippen molar-refractivity contribution in [2.45, 2.75) is 6.61 Å². The highest BCUT2D eigenvalue weighted by molar-refractivity contribution is 5.94. The molecule has 7 nitrogen and oxygen atoms in total. The highest BCUT2D eigenvalue weighted by atomic mass is 16.9. The lowest BCUT2D eigenvalue weighted by atomic mass is 9.96. The number of nitrogens with zero attached hydrogens (tertiary/aromatic N) is 1. The van der Waals surface area contributed by atoms with Gasteiger partial charge in [0.25, 0.3) is 5.09 Å². The Morgan fingerprint density at radius 1 is 1.19 bits per heavy atom. The molecule has 0 fully saturated rings. The normalized spacial score (nSPS) is 10.1. The fraction of sp³-hybridized carbons (Fsp3) is 0.0714. The molecule has 0 amide bonds. The molecular formula is C14H11NO6. The Balaban J connectivity index is 2.58. The summed E-state index contributed by atoms with van der Waals surface area (Å²) >= 11 is 0. The highest BCUT2D eigenvalue weighted by Crippen LogP contribution is 2.36.